The van der Waals surface area contributed by atoms with Gasteiger partial charge in [-0.2, -0.15) is 0 Å². The fraction of sp³-hybridized carbons (Fsp3) is 0.462. The highest BCUT2D eigenvalue weighted by Gasteiger charge is 1.93. The van der Waals surface area contributed by atoms with E-state index >= 15 is 0 Å². The van der Waals surface area contributed by atoms with Gasteiger partial charge in [-0.15, -0.1) is 0 Å². The molecule has 0 radical (unpaired) electrons. The van der Waals surface area contributed by atoms with E-state index in [0.29, 0.717) is 12.8 Å². The van der Waals surface area contributed by atoms with Crippen LogP contribution in [-0.2, 0) is 9.59 Å². The van der Waals surface area contributed by atoms with E-state index in [-0.39, 0.29) is 66.6 Å². The fourth-order valence-corrected chi connectivity index (χ4v) is 1.17. The predicted octanol–water partition coefficient (Wildman–Crippen LogP) is 9.17. The number of carbonyl (C=O) groups is 2. The summed E-state index contributed by atoms with van der Waals surface area (Å²) >= 11 is 4.85. The Labute approximate surface area is 229 Å². The van der Waals surface area contributed by atoms with Gasteiger partial charge in [0.25, 0.3) is 0 Å². The maximum Gasteiger partial charge on any atom is 0.244 e. The minimum absolute atomic E-state index is 0. The molecular weight excluding hydrogens is 486 g/mol. The number of Topliss-reactive ketones (excluding diaryl/α,β-unsaturated/α-hetero) is 1. The van der Waals surface area contributed by atoms with Gasteiger partial charge in [0.1, 0.15) is 5.78 Å². The van der Waals surface area contributed by atoms with Gasteiger partial charge >= 0.3 is 0 Å². The molecule has 0 aliphatic rings. The van der Waals surface area contributed by atoms with Gasteiger partial charge in [-0.05, 0) is 43.8 Å². The van der Waals surface area contributed by atoms with Crippen molar-refractivity contribution in [2.75, 3.05) is 0 Å². The van der Waals surface area contributed by atoms with E-state index < -0.39 is 15.1 Å². The molecule has 0 aromatic rings. The average Bonchev–Trinajstić information content (AvgIpc) is 2.60. The zero-order valence-corrected chi connectivity index (χ0v) is 16.4. The van der Waals surface area contributed by atoms with E-state index in [9.17, 15) is 29.8 Å². The molecule has 0 amide bonds. The lowest BCUT2D eigenvalue weighted by molar-refractivity contribution is -0.402. The summed E-state index contributed by atoms with van der Waals surface area (Å²) in [5, 5.41) is 18.9. The summed E-state index contributed by atoms with van der Waals surface area (Å²) in [6.07, 6.45) is 17.1. The van der Waals surface area contributed by atoms with E-state index in [1.54, 1.807) is 25.2 Å². The fourth-order valence-electron chi connectivity index (χ4n) is 1.05. The average molecular weight is 545 g/mol. The molecule has 36 heavy (non-hydrogen) atoms. The van der Waals surface area contributed by atoms with Crippen molar-refractivity contribution in [2.24, 2.45) is 5.73 Å². The number of nitrogens with zero attached hydrogens (tertiary/aromatic N) is 2. The van der Waals surface area contributed by atoms with Crippen LogP contribution in [0.4, 0.5) is 0 Å². The molecule has 0 rings (SSSR count). The summed E-state index contributed by atoms with van der Waals surface area (Å²) < 4.78 is 0. The molecule has 0 aromatic carbocycles. The molecule has 9 nitrogen and oxygen atoms in total. The first kappa shape index (κ1) is 69.8. The van der Waals surface area contributed by atoms with Crippen LogP contribution in [0.3, 0.4) is 0 Å². The number of rotatable bonds is 9. The number of allylic oxidation sites excluding steroid dienone is 9. The summed E-state index contributed by atoms with van der Waals surface area (Å²) in [6, 6.07) is 0. The van der Waals surface area contributed by atoms with E-state index in [1.807, 2.05) is 13.0 Å². The Morgan fingerprint density at radius 3 is 1.42 bits per heavy atom. The largest absolute Gasteiger partial charge is 0.405 e. The Balaban J connectivity index is -0.0000000242. The molecular formula is C26H58ClN3O6. The summed E-state index contributed by atoms with van der Waals surface area (Å²) in [6.45, 7) is 3.59. The molecule has 0 spiro atoms. The van der Waals surface area contributed by atoms with E-state index in [1.165, 1.54) is 36.6 Å². The minimum atomic E-state index is -0.556. The Morgan fingerprint density at radius 2 is 1.14 bits per heavy atom. The van der Waals surface area contributed by atoms with Gasteiger partial charge in [-0.3, -0.25) is 29.8 Å². The normalized spacial score (nSPS) is 8.64. The number of carbonyl (C=O) groups excluding carboxylic acids is 2. The summed E-state index contributed by atoms with van der Waals surface area (Å²) in [7, 11) is 0. The SMILES string of the molecule is C.C.C.C.C.C.C.C.C/C=C\C(=O)Cl.C/C=C\CC(=O)C/C=C\C=C/[N+](=O)[O-].N/C=C\C=C/[N+](=O)[O-].[2HH]. The maximum atomic E-state index is 11.0. The third-order valence-corrected chi connectivity index (χ3v) is 2.24. The van der Waals surface area contributed by atoms with Crippen molar-refractivity contribution in [3.05, 3.63) is 93.5 Å². The van der Waals surface area contributed by atoms with Crippen molar-refractivity contribution in [3.63, 3.8) is 0 Å². The molecule has 0 saturated heterocycles. The van der Waals surface area contributed by atoms with Crippen molar-refractivity contribution in [2.45, 2.75) is 86.1 Å². The van der Waals surface area contributed by atoms with E-state index in [0.717, 1.165) is 12.4 Å². The van der Waals surface area contributed by atoms with Crippen molar-refractivity contribution >= 4 is 22.6 Å². The van der Waals surface area contributed by atoms with Crippen LogP contribution in [0.15, 0.2) is 73.3 Å². The van der Waals surface area contributed by atoms with Crippen LogP contribution in [0, 0.1) is 20.2 Å². The van der Waals surface area contributed by atoms with Gasteiger partial charge in [-0.25, -0.2) is 0 Å². The quantitative estimate of drug-likeness (QED) is 0.0759. The Bertz CT molecular complexity index is 661. The lowest BCUT2D eigenvalue weighted by Gasteiger charge is -1.88. The van der Waals surface area contributed by atoms with Crippen LogP contribution in [0.2, 0.25) is 0 Å². The molecule has 2 N–H and O–H groups in total. The Morgan fingerprint density at radius 1 is 0.750 bits per heavy atom. The van der Waals surface area contributed by atoms with Gasteiger partial charge < -0.3 is 5.73 Å². The van der Waals surface area contributed by atoms with Crippen molar-refractivity contribution in [1.82, 2.24) is 0 Å². The van der Waals surface area contributed by atoms with E-state index in [2.05, 4.69) is 0 Å². The Kier molecular flexibility index (Phi) is 112. The molecule has 0 bridgehead atoms. The molecule has 0 saturated carbocycles. The summed E-state index contributed by atoms with van der Waals surface area (Å²) in [4.78, 5) is 39.0. The summed E-state index contributed by atoms with van der Waals surface area (Å²) in [5.41, 5.74) is 4.86. The molecule has 0 fully saturated rings. The minimum Gasteiger partial charge on any atom is -0.405 e. The Hall–Kier alpha value is -3.33. The highest BCUT2D eigenvalue weighted by Crippen LogP contribution is 1.93. The monoisotopic (exact) mass is 544 g/mol. The molecule has 0 unspecified atom stereocenters. The van der Waals surface area contributed by atoms with Crippen molar-refractivity contribution in [1.29, 1.82) is 0 Å². The van der Waals surface area contributed by atoms with Gasteiger partial charge in [-0.1, -0.05) is 89.8 Å². The number of hydrogen-bond acceptors (Lipinski definition) is 7. The number of nitrogens with two attached hydrogens (primary N) is 1. The highest BCUT2D eigenvalue weighted by molar-refractivity contribution is 6.66. The second-order valence-electron chi connectivity index (χ2n) is 4.39. The van der Waals surface area contributed by atoms with Crippen LogP contribution >= 0.6 is 11.6 Å². The standard InChI is InChI=1S/C10H13NO3.C4H5ClO.C4H6N2O2.8CH4.H2/c1-2-3-7-10(12)8-5-4-6-9-11(13)14;1-2-3-4(5)6;5-3-1-2-4-6(7)8;;;;;;;;;/h2-6,9H,7-8H2,1H3;2-3H,1H3;1-4H,5H2;8*1H4;1H/b3-2-,5-4-,9-6-;3-2-;3-1-,4-2-;;;;;;;;;/i;;;;;;;;;;;1+1. The lowest BCUT2D eigenvalue weighted by Crippen LogP contribution is -1.91. The highest BCUT2D eigenvalue weighted by atomic mass is 35.5. The van der Waals surface area contributed by atoms with Gasteiger partial charge in [0.05, 0.1) is 9.85 Å². The number of nitro groups is 2. The topological polar surface area (TPSA) is 146 Å². The molecule has 10 heteroatoms. The first-order valence-electron chi connectivity index (χ1n) is 7.81. The first-order chi connectivity index (χ1) is 13.2. The van der Waals surface area contributed by atoms with Crippen molar-refractivity contribution in [3.8, 4) is 0 Å². The van der Waals surface area contributed by atoms with Crippen LogP contribution < -0.4 is 5.73 Å². The number of hydrogen-bond donors (Lipinski definition) is 1. The summed E-state index contributed by atoms with van der Waals surface area (Å²) in [5.74, 6) is 0.0915. The zero-order chi connectivity index (χ0) is 22.2. The molecule has 0 heterocycles. The van der Waals surface area contributed by atoms with Crippen molar-refractivity contribution < 1.29 is 20.9 Å². The van der Waals surface area contributed by atoms with Gasteiger partial charge in [0.2, 0.25) is 17.6 Å². The van der Waals surface area contributed by atoms with Gasteiger partial charge in [0, 0.05) is 26.4 Å². The molecule has 0 aromatic heterocycles. The number of halogens is 1. The first-order valence-corrected chi connectivity index (χ1v) is 8.19. The zero-order valence-electron chi connectivity index (χ0n) is 15.6. The van der Waals surface area contributed by atoms with Crippen LogP contribution in [0.1, 0.15) is 87.5 Å². The van der Waals surface area contributed by atoms with E-state index in [4.69, 9.17) is 17.3 Å². The second kappa shape index (κ2) is 58.0. The maximum absolute atomic E-state index is 11.0. The predicted molar refractivity (Wildman–Crippen MR) is 165 cm³/mol. The molecule has 0 atom stereocenters. The molecule has 0 aliphatic carbocycles. The second-order valence-corrected chi connectivity index (χ2v) is 4.76. The molecule has 220 valence electrons. The third-order valence-electron chi connectivity index (χ3n) is 2.11. The lowest BCUT2D eigenvalue weighted by atomic mass is 10.2. The van der Waals surface area contributed by atoms with Crippen LogP contribution in [-0.4, -0.2) is 20.9 Å². The smallest absolute Gasteiger partial charge is 0.244 e. The van der Waals surface area contributed by atoms with Crippen LogP contribution in [0.25, 0.3) is 0 Å². The number of ketones is 1. The molecule has 0 aliphatic heterocycles. The van der Waals surface area contributed by atoms with Gasteiger partial charge in [0.15, 0.2) is 0 Å². The van der Waals surface area contributed by atoms with Crippen LogP contribution in [0.5, 0.6) is 0 Å². The third kappa shape index (κ3) is 97.2.